The molecule has 0 amide bonds. The van der Waals surface area contributed by atoms with Gasteiger partial charge in [-0.25, -0.2) is 0 Å². The van der Waals surface area contributed by atoms with Gasteiger partial charge in [0.2, 0.25) is 0 Å². The summed E-state index contributed by atoms with van der Waals surface area (Å²) in [6.45, 7) is 2.46. The molecule has 80 valence electrons. The number of thioether (sulfide) groups is 1. The lowest BCUT2D eigenvalue weighted by Crippen LogP contribution is -2.23. The lowest BCUT2D eigenvalue weighted by atomic mass is 10.1. The molecule has 1 fully saturated rings. The fourth-order valence-corrected chi connectivity index (χ4v) is 2.47. The molecule has 0 saturated carbocycles. The molecule has 2 heteroatoms. The Kier molecular flexibility index (Phi) is 4.15. The largest absolute Gasteiger partial charge is 0.377 e. The van der Waals surface area contributed by atoms with Crippen LogP contribution in [0, 0.1) is 0 Å². The van der Waals surface area contributed by atoms with E-state index in [1.807, 2.05) is 0 Å². The van der Waals surface area contributed by atoms with Crippen LogP contribution in [0.4, 0.5) is 0 Å². The monoisotopic (exact) mass is 219 g/mol. The maximum Gasteiger partial charge on any atom is 0.0172 e. The molecule has 1 nitrogen and oxygen atoms in total. The van der Waals surface area contributed by atoms with E-state index in [4.69, 9.17) is 0 Å². The van der Waals surface area contributed by atoms with E-state index in [1.165, 1.54) is 37.2 Å². The Hall–Kier alpha value is -0.890. The molecule has 1 saturated heterocycles. The summed E-state index contributed by atoms with van der Waals surface area (Å²) >= 11 is 1.79. The summed E-state index contributed by atoms with van der Waals surface area (Å²) in [5.74, 6) is 0. The highest BCUT2D eigenvalue weighted by Gasteiger charge is 2.04. The third kappa shape index (κ3) is 3.63. The van der Waals surface area contributed by atoms with Crippen molar-refractivity contribution in [3.8, 4) is 0 Å². The van der Waals surface area contributed by atoms with E-state index in [9.17, 15) is 0 Å². The van der Waals surface area contributed by atoms with Crippen molar-refractivity contribution in [1.29, 1.82) is 0 Å². The average molecular weight is 219 g/mol. The van der Waals surface area contributed by atoms with E-state index in [1.54, 1.807) is 11.8 Å². The van der Waals surface area contributed by atoms with Crippen molar-refractivity contribution >= 4 is 11.8 Å². The van der Waals surface area contributed by atoms with Crippen LogP contribution in [0.5, 0.6) is 0 Å². The number of hydrogen-bond acceptors (Lipinski definition) is 2. The van der Waals surface area contributed by atoms with Gasteiger partial charge in [-0.2, -0.15) is 0 Å². The van der Waals surface area contributed by atoms with Gasteiger partial charge < -0.3 is 4.90 Å². The van der Waals surface area contributed by atoms with Gasteiger partial charge in [0.15, 0.2) is 0 Å². The Morgan fingerprint density at radius 2 is 1.73 bits per heavy atom. The summed E-state index contributed by atoms with van der Waals surface area (Å²) in [5, 5.41) is 2.20. The summed E-state index contributed by atoms with van der Waals surface area (Å²) in [4.78, 5) is 3.73. The van der Waals surface area contributed by atoms with Crippen LogP contribution in [0.25, 0.3) is 0 Å². The maximum atomic E-state index is 2.42. The first-order valence-electron chi connectivity index (χ1n) is 5.57. The van der Waals surface area contributed by atoms with Gasteiger partial charge >= 0.3 is 0 Å². The third-order valence-corrected chi connectivity index (χ3v) is 3.41. The number of rotatable bonds is 3. The fraction of sp³-hybridized carbons (Fsp3) is 0.385. The molecular weight excluding hydrogens is 202 g/mol. The molecule has 0 radical (unpaired) electrons. The minimum Gasteiger partial charge on any atom is -0.377 e. The molecule has 1 aliphatic heterocycles. The molecule has 0 bridgehead atoms. The van der Waals surface area contributed by atoms with Crippen LogP contribution >= 0.6 is 11.8 Å². The standard InChI is InChI=1S/C13H17NS/c1-3-7-13(8-4-1)15-12-11-14-9-5-2-6-10-14/h1,3-4,7-8,11-12H,2,5-6,9-10H2/b12-11+. The topological polar surface area (TPSA) is 3.24 Å². The predicted octanol–water partition coefficient (Wildman–Crippen LogP) is 3.74. The second-order valence-corrected chi connectivity index (χ2v) is 4.79. The van der Waals surface area contributed by atoms with Gasteiger partial charge in [-0.05, 0) is 36.8 Å². The van der Waals surface area contributed by atoms with Crippen LogP contribution < -0.4 is 0 Å². The van der Waals surface area contributed by atoms with Crippen molar-refractivity contribution < 1.29 is 0 Å². The zero-order valence-electron chi connectivity index (χ0n) is 8.93. The minimum absolute atomic E-state index is 1.23. The Morgan fingerprint density at radius 1 is 1.00 bits per heavy atom. The molecule has 0 unspecified atom stereocenters. The van der Waals surface area contributed by atoms with Crippen LogP contribution in [0.3, 0.4) is 0 Å². The number of benzene rings is 1. The fourth-order valence-electron chi connectivity index (χ4n) is 1.76. The third-order valence-electron chi connectivity index (χ3n) is 2.61. The quantitative estimate of drug-likeness (QED) is 0.713. The predicted molar refractivity (Wildman–Crippen MR) is 66.9 cm³/mol. The molecular formula is C13H17NS. The normalized spacial score (nSPS) is 17.2. The molecule has 15 heavy (non-hydrogen) atoms. The van der Waals surface area contributed by atoms with Gasteiger partial charge in [-0.3, -0.25) is 0 Å². The zero-order chi connectivity index (χ0) is 10.3. The van der Waals surface area contributed by atoms with Crippen LogP contribution in [0.1, 0.15) is 19.3 Å². The molecule has 0 N–H and O–H groups in total. The average Bonchev–Trinajstić information content (AvgIpc) is 2.32. The molecule has 0 spiro atoms. The first-order valence-corrected chi connectivity index (χ1v) is 6.45. The van der Waals surface area contributed by atoms with Crippen molar-refractivity contribution in [3.63, 3.8) is 0 Å². The summed E-state index contributed by atoms with van der Waals surface area (Å²) in [5.41, 5.74) is 0. The van der Waals surface area contributed by atoms with Crippen LogP contribution in [0.2, 0.25) is 0 Å². The van der Waals surface area contributed by atoms with Crippen LogP contribution in [-0.2, 0) is 0 Å². The number of nitrogens with zero attached hydrogens (tertiary/aromatic N) is 1. The molecule has 1 aromatic rings. The maximum absolute atomic E-state index is 2.42. The lowest BCUT2D eigenvalue weighted by Gasteiger charge is -2.24. The number of hydrogen-bond donors (Lipinski definition) is 0. The van der Waals surface area contributed by atoms with E-state index >= 15 is 0 Å². The van der Waals surface area contributed by atoms with Crippen LogP contribution in [-0.4, -0.2) is 18.0 Å². The van der Waals surface area contributed by atoms with Gasteiger partial charge in [0.05, 0.1) is 0 Å². The van der Waals surface area contributed by atoms with Gasteiger partial charge in [0.25, 0.3) is 0 Å². The summed E-state index contributed by atoms with van der Waals surface area (Å²) < 4.78 is 0. The Bertz CT molecular complexity index is 302. The second kappa shape index (κ2) is 5.86. The lowest BCUT2D eigenvalue weighted by molar-refractivity contribution is 0.310. The van der Waals surface area contributed by atoms with Crippen molar-refractivity contribution in [3.05, 3.63) is 41.9 Å². The molecule has 0 aromatic heterocycles. The first-order chi connectivity index (χ1) is 7.45. The van der Waals surface area contributed by atoms with Crippen molar-refractivity contribution in [2.75, 3.05) is 13.1 Å². The van der Waals surface area contributed by atoms with Gasteiger partial charge in [0.1, 0.15) is 0 Å². The van der Waals surface area contributed by atoms with E-state index in [2.05, 4.69) is 46.8 Å². The molecule has 1 aromatic carbocycles. The summed E-state index contributed by atoms with van der Waals surface area (Å²) in [7, 11) is 0. The SMILES string of the molecule is C(=C\N1CCCCC1)/Sc1ccccc1. The van der Waals surface area contributed by atoms with Gasteiger partial charge in [-0.15, -0.1) is 0 Å². The zero-order valence-corrected chi connectivity index (χ0v) is 9.75. The number of likely N-dealkylation sites (tertiary alicyclic amines) is 1. The molecule has 0 atom stereocenters. The van der Waals surface area contributed by atoms with E-state index in [0.29, 0.717) is 0 Å². The molecule has 1 aliphatic rings. The minimum atomic E-state index is 1.23. The number of piperidine rings is 1. The molecule has 1 heterocycles. The van der Waals surface area contributed by atoms with Crippen molar-refractivity contribution in [2.24, 2.45) is 0 Å². The van der Waals surface area contributed by atoms with Gasteiger partial charge in [-0.1, -0.05) is 30.0 Å². The molecule has 2 rings (SSSR count). The first kappa shape index (κ1) is 10.6. The van der Waals surface area contributed by atoms with Gasteiger partial charge in [0, 0.05) is 24.2 Å². The highest BCUT2D eigenvalue weighted by molar-refractivity contribution is 8.02. The van der Waals surface area contributed by atoms with Crippen LogP contribution in [0.15, 0.2) is 46.8 Å². The highest BCUT2D eigenvalue weighted by atomic mass is 32.2. The Balaban J connectivity index is 1.79. The van der Waals surface area contributed by atoms with E-state index in [0.717, 1.165) is 0 Å². The summed E-state index contributed by atoms with van der Waals surface area (Å²) in [6, 6.07) is 10.5. The smallest absolute Gasteiger partial charge is 0.0172 e. The Morgan fingerprint density at radius 3 is 2.47 bits per heavy atom. The highest BCUT2D eigenvalue weighted by Crippen LogP contribution is 2.19. The van der Waals surface area contributed by atoms with Crippen molar-refractivity contribution in [1.82, 2.24) is 4.90 Å². The van der Waals surface area contributed by atoms with E-state index in [-0.39, 0.29) is 0 Å². The Labute approximate surface area is 96.2 Å². The summed E-state index contributed by atoms with van der Waals surface area (Å²) in [6.07, 6.45) is 6.33. The second-order valence-electron chi connectivity index (χ2n) is 3.81. The van der Waals surface area contributed by atoms with E-state index < -0.39 is 0 Å². The van der Waals surface area contributed by atoms with Crippen molar-refractivity contribution in [2.45, 2.75) is 24.2 Å². The molecule has 0 aliphatic carbocycles.